The molecule has 1 heterocycles. The van der Waals surface area contributed by atoms with Crippen LogP contribution in [0.5, 0.6) is 0 Å². The summed E-state index contributed by atoms with van der Waals surface area (Å²) in [7, 11) is 0. The van der Waals surface area contributed by atoms with E-state index < -0.39 is 0 Å². The van der Waals surface area contributed by atoms with Crippen LogP contribution in [0.25, 0.3) is 0 Å². The molecular formula is C17H20O3. The van der Waals surface area contributed by atoms with Gasteiger partial charge in [0.1, 0.15) is 17.1 Å². The lowest BCUT2D eigenvalue weighted by Crippen LogP contribution is -2.05. The Hall–Kier alpha value is -2.03. The van der Waals surface area contributed by atoms with Gasteiger partial charge in [-0.2, -0.15) is 0 Å². The second-order valence-electron chi connectivity index (χ2n) is 4.61. The minimum absolute atomic E-state index is 0.293. The molecule has 0 fully saturated rings. The van der Waals surface area contributed by atoms with E-state index in [0.717, 1.165) is 18.6 Å². The van der Waals surface area contributed by atoms with Crippen LogP contribution in [0.4, 0.5) is 0 Å². The summed E-state index contributed by atoms with van der Waals surface area (Å²) in [5.74, 6) is 1.26. The van der Waals surface area contributed by atoms with Gasteiger partial charge in [-0.3, -0.25) is 0 Å². The lowest BCUT2D eigenvalue weighted by atomic mass is 10.1. The zero-order chi connectivity index (χ0) is 14.4. The minimum Gasteiger partial charge on any atom is -0.465 e. The number of carbonyl (C=O) groups is 1. The van der Waals surface area contributed by atoms with E-state index in [1.807, 2.05) is 31.2 Å². The Balaban J connectivity index is 2.07. The SMILES string of the molecule is CCOC(=O)c1cc(CCc2ccccc2)oc1CC. The zero-order valence-electron chi connectivity index (χ0n) is 12.0. The van der Waals surface area contributed by atoms with Gasteiger partial charge in [0.2, 0.25) is 0 Å². The highest BCUT2D eigenvalue weighted by atomic mass is 16.5. The average Bonchev–Trinajstić information content (AvgIpc) is 2.90. The van der Waals surface area contributed by atoms with Crippen LogP contribution < -0.4 is 0 Å². The average molecular weight is 272 g/mol. The zero-order valence-corrected chi connectivity index (χ0v) is 12.0. The van der Waals surface area contributed by atoms with Gasteiger partial charge in [-0.15, -0.1) is 0 Å². The fraction of sp³-hybridized carbons (Fsp3) is 0.353. The number of carbonyl (C=O) groups excluding carboxylic acids is 1. The second kappa shape index (κ2) is 6.94. The number of benzene rings is 1. The first-order chi connectivity index (χ1) is 9.74. The van der Waals surface area contributed by atoms with E-state index in [2.05, 4.69) is 12.1 Å². The Morgan fingerprint density at radius 2 is 1.90 bits per heavy atom. The molecule has 0 atom stereocenters. The van der Waals surface area contributed by atoms with Crippen LogP contribution >= 0.6 is 0 Å². The minimum atomic E-state index is -0.293. The molecule has 0 spiro atoms. The summed E-state index contributed by atoms with van der Waals surface area (Å²) in [6.45, 7) is 4.16. The van der Waals surface area contributed by atoms with Crippen molar-refractivity contribution in [2.24, 2.45) is 0 Å². The Kier molecular flexibility index (Phi) is 4.99. The van der Waals surface area contributed by atoms with Crippen molar-refractivity contribution in [1.82, 2.24) is 0 Å². The molecular weight excluding hydrogens is 252 g/mol. The van der Waals surface area contributed by atoms with Crippen LogP contribution in [0.1, 0.15) is 41.3 Å². The summed E-state index contributed by atoms with van der Waals surface area (Å²) in [5.41, 5.74) is 1.83. The van der Waals surface area contributed by atoms with Gasteiger partial charge in [-0.05, 0) is 25.0 Å². The molecule has 0 aliphatic rings. The van der Waals surface area contributed by atoms with E-state index in [4.69, 9.17) is 9.15 Å². The van der Waals surface area contributed by atoms with Crippen LogP contribution in [0.3, 0.4) is 0 Å². The smallest absolute Gasteiger partial charge is 0.341 e. The first-order valence-electron chi connectivity index (χ1n) is 7.07. The number of hydrogen-bond acceptors (Lipinski definition) is 3. The highest BCUT2D eigenvalue weighted by Gasteiger charge is 2.17. The fourth-order valence-electron chi connectivity index (χ4n) is 2.16. The molecule has 0 N–H and O–H groups in total. The first kappa shape index (κ1) is 14.4. The standard InChI is InChI=1S/C17H20O3/c1-3-16-15(17(18)19-4-2)12-14(20-16)11-10-13-8-6-5-7-9-13/h5-9,12H,3-4,10-11H2,1-2H3. The van der Waals surface area contributed by atoms with Gasteiger partial charge in [-0.25, -0.2) is 4.79 Å². The maximum absolute atomic E-state index is 11.8. The molecule has 3 nitrogen and oxygen atoms in total. The van der Waals surface area contributed by atoms with Gasteiger partial charge in [0.15, 0.2) is 0 Å². The van der Waals surface area contributed by atoms with Crippen LogP contribution in [-0.2, 0) is 24.0 Å². The topological polar surface area (TPSA) is 39.4 Å². The Morgan fingerprint density at radius 1 is 1.15 bits per heavy atom. The number of ether oxygens (including phenoxy) is 1. The van der Waals surface area contributed by atoms with Gasteiger partial charge in [0.05, 0.1) is 6.61 Å². The van der Waals surface area contributed by atoms with Crippen molar-refractivity contribution in [2.45, 2.75) is 33.1 Å². The largest absolute Gasteiger partial charge is 0.465 e. The van der Waals surface area contributed by atoms with Crippen molar-refractivity contribution in [3.8, 4) is 0 Å². The Morgan fingerprint density at radius 3 is 2.55 bits per heavy atom. The lowest BCUT2D eigenvalue weighted by molar-refractivity contribution is 0.0524. The van der Waals surface area contributed by atoms with Crippen LogP contribution in [0.15, 0.2) is 40.8 Å². The van der Waals surface area contributed by atoms with Crippen molar-refractivity contribution >= 4 is 5.97 Å². The predicted octanol–water partition coefficient (Wildman–Crippen LogP) is 3.80. The Bertz CT molecular complexity index is 555. The fourth-order valence-corrected chi connectivity index (χ4v) is 2.16. The second-order valence-corrected chi connectivity index (χ2v) is 4.61. The quantitative estimate of drug-likeness (QED) is 0.751. The van der Waals surface area contributed by atoms with Gasteiger partial charge in [-0.1, -0.05) is 37.3 Å². The maximum atomic E-state index is 11.8. The summed E-state index contributed by atoms with van der Waals surface area (Å²) in [4.78, 5) is 11.8. The molecule has 0 saturated carbocycles. The summed E-state index contributed by atoms with van der Waals surface area (Å²) < 4.78 is 10.8. The predicted molar refractivity (Wildman–Crippen MR) is 77.9 cm³/mol. The number of rotatable bonds is 6. The molecule has 0 bridgehead atoms. The van der Waals surface area contributed by atoms with Gasteiger partial charge in [0.25, 0.3) is 0 Å². The van der Waals surface area contributed by atoms with E-state index in [9.17, 15) is 4.79 Å². The summed E-state index contributed by atoms with van der Waals surface area (Å²) in [5, 5.41) is 0. The van der Waals surface area contributed by atoms with E-state index in [1.165, 1.54) is 5.56 Å². The van der Waals surface area contributed by atoms with Gasteiger partial charge < -0.3 is 9.15 Å². The number of furan rings is 1. The molecule has 2 aromatic rings. The molecule has 20 heavy (non-hydrogen) atoms. The molecule has 0 amide bonds. The van der Waals surface area contributed by atoms with Crippen LogP contribution in [0, 0.1) is 0 Å². The first-order valence-corrected chi connectivity index (χ1v) is 7.07. The van der Waals surface area contributed by atoms with Gasteiger partial charge in [0, 0.05) is 12.8 Å². The number of aryl methyl sites for hydroxylation is 3. The van der Waals surface area contributed by atoms with Crippen molar-refractivity contribution in [3.63, 3.8) is 0 Å². The van der Waals surface area contributed by atoms with Crippen molar-refractivity contribution in [3.05, 3.63) is 59.0 Å². The molecule has 0 aliphatic heterocycles. The molecule has 3 heteroatoms. The normalized spacial score (nSPS) is 10.5. The van der Waals surface area contributed by atoms with Crippen LogP contribution in [-0.4, -0.2) is 12.6 Å². The van der Waals surface area contributed by atoms with E-state index >= 15 is 0 Å². The molecule has 106 valence electrons. The van der Waals surface area contributed by atoms with E-state index in [-0.39, 0.29) is 5.97 Å². The molecule has 1 aromatic carbocycles. The molecule has 0 unspecified atom stereocenters. The van der Waals surface area contributed by atoms with E-state index in [0.29, 0.717) is 24.4 Å². The molecule has 0 aliphatic carbocycles. The maximum Gasteiger partial charge on any atom is 0.341 e. The van der Waals surface area contributed by atoms with E-state index in [1.54, 1.807) is 6.92 Å². The molecule has 1 aromatic heterocycles. The number of esters is 1. The lowest BCUT2D eigenvalue weighted by Gasteiger charge is -1.99. The third-order valence-corrected chi connectivity index (χ3v) is 3.18. The Labute approximate surface area is 119 Å². The van der Waals surface area contributed by atoms with Crippen molar-refractivity contribution in [1.29, 1.82) is 0 Å². The third-order valence-electron chi connectivity index (χ3n) is 3.18. The highest BCUT2D eigenvalue weighted by Crippen LogP contribution is 2.19. The summed E-state index contributed by atoms with van der Waals surface area (Å²) in [6.07, 6.45) is 2.38. The van der Waals surface area contributed by atoms with Crippen molar-refractivity contribution in [2.75, 3.05) is 6.61 Å². The third kappa shape index (κ3) is 3.50. The number of hydrogen-bond donors (Lipinski definition) is 0. The summed E-state index contributed by atoms with van der Waals surface area (Å²) in [6, 6.07) is 12.1. The molecule has 2 rings (SSSR count). The molecule has 0 radical (unpaired) electrons. The highest BCUT2D eigenvalue weighted by molar-refractivity contribution is 5.90. The summed E-state index contributed by atoms with van der Waals surface area (Å²) >= 11 is 0. The van der Waals surface area contributed by atoms with Crippen molar-refractivity contribution < 1.29 is 13.9 Å². The van der Waals surface area contributed by atoms with Gasteiger partial charge >= 0.3 is 5.97 Å². The van der Waals surface area contributed by atoms with Crippen LogP contribution in [0.2, 0.25) is 0 Å². The monoisotopic (exact) mass is 272 g/mol. The molecule has 0 saturated heterocycles.